The molecule has 1 aromatic heterocycles. The number of halogens is 1. The summed E-state index contributed by atoms with van der Waals surface area (Å²) in [5.74, 6) is -0.770. The van der Waals surface area contributed by atoms with E-state index in [1.54, 1.807) is 53.4 Å². The van der Waals surface area contributed by atoms with Crippen molar-refractivity contribution in [2.24, 2.45) is 0 Å². The molecule has 1 aliphatic heterocycles. The number of hydrogen-bond donors (Lipinski definition) is 2. The van der Waals surface area contributed by atoms with Crippen molar-refractivity contribution >= 4 is 34.3 Å². The molecule has 0 spiro atoms. The normalized spacial score (nSPS) is 15.5. The maximum Gasteiger partial charge on any atom is 0.278 e. The van der Waals surface area contributed by atoms with Crippen LogP contribution in [0.3, 0.4) is 0 Å². The van der Waals surface area contributed by atoms with Crippen LogP contribution in [0, 0.1) is 0 Å². The quantitative estimate of drug-likeness (QED) is 0.594. The van der Waals surface area contributed by atoms with Crippen LogP contribution >= 0.6 is 11.6 Å². The topological polar surface area (TPSA) is 117 Å². The average molecular weight is 456 g/mol. The van der Waals surface area contributed by atoms with E-state index in [4.69, 9.17) is 11.6 Å². The molecular formula is C22H22ClN5O4. The Labute approximate surface area is 188 Å². The molecule has 3 aromatic rings. The third-order valence-corrected chi connectivity index (χ3v) is 5.94. The fourth-order valence-electron chi connectivity index (χ4n) is 3.78. The Morgan fingerprint density at radius 3 is 2.50 bits per heavy atom. The fraction of sp³-hybridized carbons (Fsp3) is 0.318. The molecule has 0 aliphatic carbocycles. The van der Waals surface area contributed by atoms with E-state index in [0.29, 0.717) is 41.9 Å². The van der Waals surface area contributed by atoms with Crippen LogP contribution in [0.5, 0.6) is 0 Å². The van der Waals surface area contributed by atoms with E-state index in [1.165, 1.54) is 0 Å². The maximum atomic E-state index is 12.5. The molecule has 1 fully saturated rings. The Balaban J connectivity index is 1.30. The highest BCUT2D eigenvalue weighted by atomic mass is 35.5. The van der Waals surface area contributed by atoms with Gasteiger partial charge < -0.3 is 15.3 Å². The summed E-state index contributed by atoms with van der Waals surface area (Å²) in [4.78, 5) is 38.8. The van der Waals surface area contributed by atoms with Crippen LogP contribution in [0.4, 0.5) is 0 Å². The lowest BCUT2D eigenvalue weighted by molar-refractivity contribution is -0.136. The number of amides is 2. The molecule has 2 N–H and O–H groups in total. The summed E-state index contributed by atoms with van der Waals surface area (Å²) in [6.45, 7) is 0.196. The Kier molecular flexibility index (Phi) is 6.20. The molecule has 2 heterocycles. The number of likely N-dealkylation sites (tertiary alicyclic amines) is 1. The SMILES string of the molecule is O=C(Cn1nnc2ccccc2c1=O)NCC(=O)N1CCC(O)(c2ccc(Cl)cc2)CC1. The second-order valence-corrected chi connectivity index (χ2v) is 8.20. The summed E-state index contributed by atoms with van der Waals surface area (Å²) in [6.07, 6.45) is 0.771. The summed E-state index contributed by atoms with van der Waals surface area (Å²) < 4.78 is 0.968. The van der Waals surface area contributed by atoms with Crippen molar-refractivity contribution in [3.63, 3.8) is 0 Å². The number of aromatic nitrogens is 3. The van der Waals surface area contributed by atoms with Crippen LogP contribution in [0.15, 0.2) is 53.3 Å². The van der Waals surface area contributed by atoms with Gasteiger partial charge in [0, 0.05) is 18.1 Å². The second-order valence-electron chi connectivity index (χ2n) is 7.77. The number of carbonyl (C=O) groups is 2. The van der Waals surface area contributed by atoms with Crippen LogP contribution in [0.1, 0.15) is 18.4 Å². The van der Waals surface area contributed by atoms with Gasteiger partial charge >= 0.3 is 0 Å². The van der Waals surface area contributed by atoms with Crippen LogP contribution < -0.4 is 10.9 Å². The third kappa shape index (κ3) is 4.63. The van der Waals surface area contributed by atoms with E-state index in [-0.39, 0.29) is 19.0 Å². The van der Waals surface area contributed by atoms with Gasteiger partial charge in [0.05, 0.1) is 17.5 Å². The number of hydrogen-bond acceptors (Lipinski definition) is 6. The zero-order chi connectivity index (χ0) is 22.7. The summed E-state index contributed by atoms with van der Waals surface area (Å²) in [5.41, 5.74) is -0.215. The van der Waals surface area contributed by atoms with Crippen molar-refractivity contribution in [1.82, 2.24) is 25.2 Å². The largest absolute Gasteiger partial charge is 0.385 e. The van der Waals surface area contributed by atoms with Gasteiger partial charge in [0.15, 0.2) is 0 Å². The first-order valence-electron chi connectivity index (χ1n) is 10.2. The number of carbonyl (C=O) groups excluding carboxylic acids is 2. The monoisotopic (exact) mass is 455 g/mol. The number of benzene rings is 2. The molecule has 32 heavy (non-hydrogen) atoms. The van der Waals surface area contributed by atoms with E-state index in [2.05, 4.69) is 15.6 Å². The van der Waals surface area contributed by atoms with E-state index < -0.39 is 17.1 Å². The van der Waals surface area contributed by atoms with Crippen molar-refractivity contribution in [2.45, 2.75) is 25.0 Å². The highest BCUT2D eigenvalue weighted by molar-refractivity contribution is 6.30. The van der Waals surface area contributed by atoms with Crippen molar-refractivity contribution < 1.29 is 14.7 Å². The standard InChI is InChI=1S/C22H22ClN5O4/c23-16-7-5-15(6-8-16)22(32)9-11-27(12-10-22)20(30)13-24-19(29)14-28-21(31)17-3-1-2-4-18(17)25-26-28/h1-8,32H,9-14H2,(H,24,29). The minimum absolute atomic E-state index is 0.200. The van der Waals surface area contributed by atoms with Gasteiger partial charge in [-0.3, -0.25) is 14.4 Å². The van der Waals surface area contributed by atoms with Gasteiger partial charge in [0.25, 0.3) is 5.56 Å². The van der Waals surface area contributed by atoms with Gasteiger partial charge in [-0.15, -0.1) is 5.10 Å². The zero-order valence-corrected chi connectivity index (χ0v) is 18.0. The van der Waals surface area contributed by atoms with Crippen LogP contribution in [-0.2, 0) is 21.7 Å². The minimum atomic E-state index is -1.01. The molecule has 0 radical (unpaired) electrons. The Bertz CT molecular complexity index is 1200. The second kappa shape index (κ2) is 9.05. The maximum absolute atomic E-state index is 12.5. The first kappa shape index (κ1) is 21.9. The van der Waals surface area contributed by atoms with Gasteiger partial charge in [-0.05, 0) is 42.7 Å². The van der Waals surface area contributed by atoms with Crippen molar-refractivity contribution in [1.29, 1.82) is 0 Å². The average Bonchev–Trinajstić information content (AvgIpc) is 2.80. The Hall–Kier alpha value is -3.30. The van der Waals surface area contributed by atoms with Gasteiger partial charge in [-0.2, -0.15) is 0 Å². The molecular weight excluding hydrogens is 434 g/mol. The number of rotatable bonds is 5. The van der Waals surface area contributed by atoms with Crippen LogP contribution in [0.25, 0.3) is 10.9 Å². The first-order valence-corrected chi connectivity index (χ1v) is 10.6. The summed E-state index contributed by atoms with van der Waals surface area (Å²) >= 11 is 5.91. The Morgan fingerprint density at radius 2 is 1.78 bits per heavy atom. The molecule has 0 atom stereocenters. The van der Waals surface area contributed by atoms with E-state index in [9.17, 15) is 19.5 Å². The molecule has 1 aliphatic rings. The molecule has 0 bridgehead atoms. The minimum Gasteiger partial charge on any atom is -0.385 e. The molecule has 2 amide bonds. The summed E-state index contributed by atoms with van der Waals surface area (Å²) in [5, 5.41) is 22.1. The lowest BCUT2D eigenvalue weighted by Gasteiger charge is -2.38. The molecule has 0 saturated carbocycles. The van der Waals surface area contributed by atoms with E-state index in [1.807, 2.05) is 0 Å². The molecule has 2 aromatic carbocycles. The Morgan fingerprint density at radius 1 is 1.09 bits per heavy atom. The lowest BCUT2D eigenvalue weighted by atomic mass is 9.84. The predicted molar refractivity (Wildman–Crippen MR) is 118 cm³/mol. The summed E-state index contributed by atoms with van der Waals surface area (Å²) in [7, 11) is 0. The molecule has 0 unspecified atom stereocenters. The third-order valence-electron chi connectivity index (χ3n) is 5.68. The molecule has 1 saturated heterocycles. The van der Waals surface area contributed by atoms with Gasteiger partial charge in [0.1, 0.15) is 12.1 Å². The summed E-state index contributed by atoms with van der Waals surface area (Å²) in [6, 6.07) is 13.8. The number of fused-ring (bicyclic) bond motifs is 1. The highest BCUT2D eigenvalue weighted by Gasteiger charge is 2.35. The molecule has 10 heteroatoms. The number of piperidine rings is 1. The highest BCUT2D eigenvalue weighted by Crippen LogP contribution is 2.33. The van der Waals surface area contributed by atoms with E-state index >= 15 is 0 Å². The first-order chi connectivity index (χ1) is 15.4. The van der Waals surface area contributed by atoms with Crippen LogP contribution in [0.2, 0.25) is 5.02 Å². The smallest absolute Gasteiger partial charge is 0.278 e. The van der Waals surface area contributed by atoms with Crippen molar-refractivity contribution in [3.8, 4) is 0 Å². The fourth-order valence-corrected chi connectivity index (χ4v) is 3.91. The van der Waals surface area contributed by atoms with Gasteiger partial charge in [0.2, 0.25) is 11.8 Å². The van der Waals surface area contributed by atoms with Crippen LogP contribution in [-0.4, -0.2) is 56.4 Å². The number of nitrogens with one attached hydrogen (secondary N) is 1. The predicted octanol–water partition coefficient (Wildman–Crippen LogP) is 1.07. The lowest BCUT2D eigenvalue weighted by Crippen LogP contribution is -2.48. The van der Waals surface area contributed by atoms with Crippen molar-refractivity contribution in [3.05, 3.63) is 69.5 Å². The zero-order valence-electron chi connectivity index (χ0n) is 17.2. The molecule has 9 nitrogen and oxygen atoms in total. The van der Waals surface area contributed by atoms with Gasteiger partial charge in [-0.25, -0.2) is 4.68 Å². The molecule has 166 valence electrons. The van der Waals surface area contributed by atoms with E-state index in [0.717, 1.165) is 10.2 Å². The number of nitrogens with zero attached hydrogens (tertiary/aromatic N) is 4. The van der Waals surface area contributed by atoms with Crippen molar-refractivity contribution in [2.75, 3.05) is 19.6 Å². The molecule has 4 rings (SSSR count). The van der Waals surface area contributed by atoms with Gasteiger partial charge in [-0.1, -0.05) is 41.1 Å². The number of aliphatic hydroxyl groups is 1.